The van der Waals surface area contributed by atoms with E-state index in [0.29, 0.717) is 12.3 Å². The lowest BCUT2D eigenvalue weighted by molar-refractivity contribution is -0.117. The van der Waals surface area contributed by atoms with Gasteiger partial charge in [0.25, 0.3) is 0 Å². The lowest BCUT2D eigenvalue weighted by atomic mass is 9.86. The zero-order chi connectivity index (χ0) is 15.1. The number of carbonyl (C=O) groups excluding carboxylic acids is 1. The van der Waals surface area contributed by atoms with Gasteiger partial charge >= 0.3 is 0 Å². The number of rotatable bonds is 3. The van der Waals surface area contributed by atoms with Gasteiger partial charge in [0, 0.05) is 18.0 Å². The Hall–Kier alpha value is -1.90. The van der Waals surface area contributed by atoms with Gasteiger partial charge in [-0.3, -0.25) is 9.78 Å². The fraction of sp³-hybridized carbons (Fsp3) is 0.474. The molecule has 1 aromatic heterocycles. The van der Waals surface area contributed by atoms with Gasteiger partial charge < -0.3 is 5.32 Å². The van der Waals surface area contributed by atoms with Crippen LogP contribution in [0.25, 0.3) is 10.9 Å². The van der Waals surface area contributed by atoms with Crippen LogP contribution in [0.2, 0.25) is 0 Å². The Morgan fingerprint density at radius 1 is 1.27 bits per heavy atom. The van der Waals surface area contributed by atoms with E-state index in [-0.39, 0.29) is 5.91 Å². The molecule has 3 atom stereocenters. The topological polar surface area (TPSA) is 42.0 Å². The number of fused-ring (bicyclic) bond motifs is 3. The van der Waals surface area contributed by atoms with Crippen molar-refractivity contribution in [3.8, 4) is 0 Å². The lowest BCUT2D eigenvalue weighted by Crippen LogP contribution is -2.20. The minimum Gasteiger partial charge on any atom is -0.325 e. The van der Waals surface area contributed by atoms with Gasteiger partial charge in [-0.2, -0.15) is 0 Å². The second-order valence-electron chi connectivity index (χ2n) is 7.02. The maximum atomic E-state index is 12.4. The van der Waals surface area contributed by atoms with Crippen molar-refractivity contribution in [1.82, 2.24) is 4.98 Å². The highest BCUT2D eigenvalue weighted by molar-refractivity contribution is 6.01. The van der Waals surface area contributed by atoms with Crippen molar-refractivity contribution in [2.45, 2.75) is 39.0 Å². The highest BCUT2D eigenvalue weighted by Crippen LogP contribution is 2.49. The second-order valence-corrected chi connectivity index (χ2v) is 7.02. The summed E-state index contributed by atoms with van der Waals surface area (Å²) in [5, 5.41) is 4.15. The summed E-state index contributed by atoms with van der Waals surface area (Å²) in [6.07, 6.45) is 7.81. The number of nitrogens with zero attached hydrogens (tertiary/aromatic N) is 1. The number of pyridine rings is 1. The molecule has 2 aliphatic rings. The lowest BCUT2D eigenvalue weighted by Gasteiger charge is -2.21. The van der Waals surface area contributed by atoms with Crippen LogP contribution in [0, 0.1) is 24.7 Å². The Morgan fingerprint density at radius 3 is 2.95 bits per heavy atom. The molecule has 1 heterocycles. The predicted molar refractivity (Wildman–Crippen MR) is 88.7 cm³/mol. The number of benzene rings is 1. The first-order chi connectivity index (χ1) is 10.7. The van der Waals surface area contributed by atoms with Gasteiger partial charge in [0.15, 0.2) is 0 Å². The average Bonchev–Trinajstić information content (AvgIpc) is 3.13. The van der Waals surface area contributed by atoms with Crippen LogP contribution in [0.1, 0.15) is 37.7 Å². The Labute approximate surface area is 131 Å². The first-order valence-electron chi connectivity index (χ1n) is 8.35. The molecule has 0 radical (unpaired) electrons. The van der Waals surface area contributed by atoms with Crippen LogP contribution in [0.15, 0.2) is 30.5 Å². The molecule has 0 unspecified atom stereocenters. The summed E-state index contributed by atoms with van der Waals surface area (Å²) < 4.78 is 0. The number of aryl methyl sites for hydroxylation is 1. The monoisotopic (exact) mass is 294 g/mol. The van der Waals surface area contributed by atoms with Crippen LogP contribution < -0.4 is 5.32 Å². The maximum absolute atomic E-state index is 12.4. The van der Waals surface area contributed by atoms with Crippen molar-refractivity contribution in [2.24, 2.45) is 17.8 Å². The van der Waals surface area contributed by atoms with E-state index in [9.17, 15) is 4.79 Å². The molecule has 1 amide bonds. The highest BCUT2D eigenvalue weighted by Gasteiger charge is 2.40. The summed E-state index contributed by atoms with van der Waals surface area (Å²) in [5.41, 5.74) is 3.00. The Morgan fingerprint density at radius 2 is 2.18 bits per heavy atom. The minimum absolute atomic E-state index is 0.159. The second kappa shape index (κ2) is 5.38. The number of hydrogen-bond donors (Lipinski definition) is 1. The van der Waals surface area contributed by atoms with Gasteiger partial charge in [0.1, 0.15) is 0 Å². The van der Waals surface area contributed by atoms with Crippen molar-refractivity contribution >= 4 is 22.5 Å². The Balaban J connectivity index is 1.51. The molecule has 0 spiro atoms. The van der Waals surface area contributed by atoms with E-state index >= 15 is 0 Å². The number of aromatic nitrogens is 1. The zero-order valence-corrected chi connectivity index (χ0v) is 13.0. The SMILES string of the molecule is Cc1ccc(NC(=O)C[C@@H]2C[C@H]3CC[C@H]2C3)c2cccnc12. The summed E-state index contributed by atoms with van der Waals surface area (Å²) in [5.74, 6) is 2.46. The number of anilines is 1. The molecular weight excluding hydrogens is 272 g/mol. The molecule has 3 heteroatoms. The van der Waals surface area contributed by atoms with E-state index in [1.807, 2.05) is 24.3 Å². The molecule has 22 heavy (non-hydrogen) atoms. The van der Waals surface area contributed by atoms with Gasteiger partial charge in [-0.1, -0.05) is 12.5 Å². The van der Waals surface area contributed by atoms with E-state index in [1.54, 1.807) is 6.20 Å². The van der Waals surface area contributed by atoms with Crippen LogP contribution in [-0.2, 0) is 4.79 Å². The van der Waals surface area contributed by atoms with Crippen molar-refractivity contribution in [2.75, 3.05) is 5.32 Å². The van der Waals surface area contributed by atoms with E-state index in [4.69, 9.17) is 0 Å². The van der Waals surface area contributed by atoms with E-state index in [0.717, 1.165) is 34.0 Å². The van der Waals surface area contributed by atoms with Crippen molar-refractivity contribution in [3.05, 3.63) is 36.0 Å². The molecule has 3 nitrogen and oxygen atoms in total. The normalized spacial score (nSPS) is 26.5. The van der Waals surface area contributed by atoms with Crippen molar-refractivity contribution < 1.29 is 4.79 Å². The van der Waals surface area contributed by atoms with Crippen LogP contribution in [-0.4, -0.2) is 10.9 Å². The maximum Gasteiger partial charge on any atom is 0.224 e. The van der Waals surface area contributed by atoms with Crippen molar-refractivity contribution in [3.63, 3.8) is 0 Å². The number of amides is 1. The molecule has 114 valence electrons. The average molecular weight is 294 g/mol. The van der Waals surface area contributed by atoms with Crippen LogP contribution >= 0.6 is 0 Å². The Bertz CT molecular complexity index is 724. The van der Waals surface area contributed by atoms with Gasteiger partial charge in [0.2, 0.25) is 5.91 Å². The van der Waals surface area contributed by atoms with Gasteiger partial charge in [-0.25, -0.2) is 0 Å². The highest BCUT2D eigenvalue weighted by atomic mass is 16.1. The number of carbonyl (C=O) groups is 1. The third-order valence-electron chi connectivity index (χ3n) is 5.58. The quantitative estimate of drug-likeness (QED) is 0.916. The molecule has 2 bridgehead atoms. The third kappa shape index (κ3) is 2.39. The summed E-state index contributed by atoms with van der Waals surface area (Å²) in [6, 6.07) is 7.98. The van der Waals surface area contributed by atoms with Crippen LogP contribution in [0.4, 0.5) is 5.69 Å². The Kier molecular flexibility index (Phi) is 3.36. The van der Waals surface area contributed by atoms with Gasteiger partial charge in [0.05, 0.1) is 11.2 Å². The molecule has 1 N–H and O–H groups in total. The van der Waals surface area contributed by atoms with Gasteiger partial charge in [-0.05, 0) is 67.7 Å². The van der Waals surface area contributed by atoms with E-state index in [1.165, 1.54) is 25.7 Å². The fourth-order valence-corrected chi connectivity index (χ4v) is 4.49. The molecule has 0 aliphatic heterocycles. The molecule has 2 fully saturated rings. The van der Waals surface area contributed by atoms with E-state index in [2.05, 4.69) is 17.2 Å². The molecule has 1 aromatic carbocycles. The predicted octanol–water partition coefficient (Wildman–Crippen LogP) is 4.31. The zero-order valence-electron chi connectivity index (χ0n) is 13.0. The van der Waals surface area contributed by atoms with Gasteiger partial charge in [-0.15, -0.1) is 0 Å². The molecular formula is C19H22N2O. The third-order valence-corrected chi connectivity index (χ3v) is 5.58. The van der Waals surface area contributed by atoms with Crippen LogP contribution in [0.3, 0.4) is 0 Å². The first-order valence-corrected chi connectivity index (χ1v) is 8.35. The smallest absolute Gasteiger partial charge is 0.224 e. The number of hydrogen-bond acceptors (Lipinski definition) is 2. The first kappa shape index (κ1) is 13.7. The summed E-state index contributed by atoms with van der Waals surface area (Å²) in [4.78, 5) is 16.9. The van der Waals surface area contributed by atoms with Crippen LogP contribution in [0.5, 0.6) is 0 Å². The summed E-state index contributed by atoms with van der Waals surface area (Å²) >= 11 is 0. The summed E-state index contributed by atoms with van der Waals surface area (Å²) in [6.45, 7) is 2.05. The minimum atomic E-state index is 0.159. The fourth-order valence-electron chi connectivity index (χ4n) is 4.49. The molecule has 2 aromatic rings. The molecule has 4 rings (SSSR count). The number of nitrogens with one attached hydrogen (secondary N) is 1. The largest absolute Gasteiger partial charge is 0.325 e. The standard InChI is InChI=1S/C19H22N2O/c1-12-4-7-17(16-3-2-8-20-19(12)16)21-18(22)11-15-10-13-5-6-14(15)9-13/h2-4,7-8,13-15H,5-6,9-11H2,1H3,(H,21,22)/t13-,14-,15-/m0/s1. The molecule has 2 aliphatic carbocycles. The summed E-state index contributed by atoms with van der Waals surface area (Å²) in [7, 11) is 0. The van der Waals surface area contributed by atoms with Crippen molar-refractivity contribution in [1.29, 1.82) is 0 Å². The molecule has 2 saturated carbocycles. The molecule has 0 saturated heterocycles. The van der Waals surface area contributed by atoms with E-state index < -0.39 is 0 Å².